The second-order valence-corrected chi connectivity index (χ2v) is 9.65. The lowest BCUT2D eigenvalue weighted by Gasteiger charge is -2.04. The van der Waals surface area contributed by atoms with Crippen LogP contribution in [0.25, 0.3) is 0 Å². The van der Waals surface area contributed by atoms with Gasteiger partial charge in [-0.3, -0.25) is 0 Å². The molecule has 0 aliphatic rings. The first kappa shape index (κ1) is 17.1. The number of thiophene rings is 2. The van der Waals surface area contributed by atoms with Gasteiger partial charge in [0.05, 0.1) is 3.79 Å². The van der Waals surface area contributed by atoms with Crippen molar-refractivity contribution < 1.29 is 8.42 Å². The van der Waals surface area contributed by atoms with Crippen molar-refractivity contribution in [2.24, 2.45) is 0 Å². The number of rotatable bonds is 8. The number of hydrogen-bond acceptors (Lipinski definition) is 5. The van der Waals surface area contributed by atoms with Gasteiger partial charge in [-0.05, 0) is 46.4 Å². The summed E-state index contributed by atoms with van der Waals surface area (Å²) < 4.78 is 28.0. The molecular formula is C13H17BrN2O2S3. The quantitative estimate of drug-likeness (QED) is 0.656. The summed E-state index contributed by atoms with van der Waals surface area (Å²) >= 11 is 6.34. The summed E-state index contributed by atoms with van der Waals surface area (Å²) in [6, 6.07) is 5.55. The van der Waals surface area contributed by atoms with E-state index < -0.39 is 10.0 Å². The molecule has 4 nitrogen and oxygen atoms in total. The Morgan fingerprint density at radius 2 is 2.10 bits per heavy atom. The minimum absolute atomic E-state index is 0.317. The van der Waals surface area contributed by atoms with Crippen LogP contribution < -0.4 is 10.0 Å². The highest BCUT2D eigenvalue weighted by Crippen LogP contribution is 2.31. The largest absolute Gasteiger partial charge is 0.312 e. The SMILES string of the molecule is CCCNCc1cc(S(=O)(=O)NCc2cccs2)c(Br)s1. The minimum atomic E-state index is -3.48. The van der Waals surface area contributed by atoms with Crippen LogP contribution in [0.4, 0.5) is 0 Å². The van der Waals surface area contributed by atoms with Crippen LogP contribution in [0.2, 0.25) is 0 Å². The van der Waals surface area contributed by atoms with Gasteiger partial charge in [0.15, 0.2) is 0 Å². The number of sulfonamides is 1. The highest BCUT2D eigenvalue weighted by Gasteiger charge is 2.20. The lowest BCUT2D eigenvalue weighted by Crippen LogP contribution is -2.22. The van der Waals surface area contributed by atoms with Gasteiger partial charge in [-0.15, -0.1) is 22.7 Å². The van der Waals surface area contributed by atoms with Gasteiger partial charge in [-0.2, -0.15) is 0 Å². The zero-order valence-corrected chi connectivity index (χ0v) is 15.6. The Kier molecular flexibility index (Phi) is 6.39. The summed E-state index contributed by atoms with van der Waals surface area (Å²) in [4.78, 5) is 2.32. The highest BCUT2D eigenvalue weighted by molar-refractivity contribution is 9.11. The molecule has 0 spiro atoms. The lowest BCUT2D eigenvalue weighted by atomic mass is 10.4. The molecule has 2 heterocycles. The Bertz CT molecular complexity index is 666. The standard InChI is InChI=1S/C13H17BrN2O2S3/c1-2-5-15-8-11-7-12(13(14)20-11)21(17,18)16-9-10-4-3-6-19-10/h3-4,6-7,15-16H,2,5,8-9H2,1H3. The van der Waals surface area contributed by atoms with Crippen LogP contribution >= 0.6 is 38.6 Å². The van der Waals surface area contributed by atoms with Gasteiger partial charge in [-0.1, -0.05) is 13.0 Å². The second kappa shape index (κ2) is 7.85. The fourth-order valence-corrected chi connectivity index (χ4v) is 6.11. The molecule has 2 N–H and O–H groups in total. The first-order valence-corrected chi connectivity index (χ1v) is 10.5. The maximum absolute atomic E-state index is 12.3. The van der Waals surface area contributed by atoms with Crippen molar-refractivity contribution in [3.05, 3.63) is 37.1 Å². The second-order valence-electron chi connectivity index (χ2n) is 4.43. The predicted octanol–water partition coefficient (Wildman–Crippen LogP) is 3.55. The topological polar surface area (TPSA) is 58.2 Å². The number of halogens is 1. The molecule has 2 rings (SSSR count). The van der Waals surface area contributed by atoms with Gasteiger partial charge < -0.3 is 5.32 Å². The zero-order valence-electron chi connectivity index (χ0n) is 11.6. The third-order valence-corrected chi connectivity index (χ3v) is 7.27. The molecule has 0 unspecified atom stereocenters. The van der Waals surface area contributed by atoms with Crippen molar-refractivity contribution in [2.45, 2.75) is 31.3 Å². The smallest absolute Gasteiger partial charge is 0.242 e. The van der Waals surface area contributed by atoms with Crippen LogP contribution in [0.3, 0.4) is 0 Å². The van der Waals surface area contributed by atoms with E-state index >= 15 is 0 Å². The Balaban J connectivity index is 2.05. The van der Waals surface area contributed by atoms with Gasteiger partial charge in [0.2, 0.25) is 10.0 Å². The number of nitrogens with one attached hydrogen (secondary N) is 2. The molecule has 0 atom stereocenters. The molecule has 0 amide bonds. The Morgan fingerprint density at radius 3 is 2.76 bits per heavy atom. The molecule has 0 fully saturated rings. The first-order chi connectivity index (χ1) is 10.0. The molecule has 21 heavy (non-hydrogen) atoms. The molecule has 0 saturated carbocycles. The third-order valence-electron chi connectivity index (χ3n) is 2.74. The molecule has 0 aliphatic heterocycles. The fraction of sp³-hybridized carbons (Fsp3) is 0.385. The molecule has 0 saturated heterocycles. The van der Waals surface area contributed by atoms with E-state index in [2.05, 4.69) is 32.9 Å². The number of hydrogen-bond donors (Lipinski definition) is 2. The average molecular weight is 409 g/mol. The molecule has 0 aromatic carbocycles. The van der Waals surface area contributed by atoms with Crippen LogP contribution in [-0.4, -0.2) is 15.0 Å². The summed E-state index contributed by atoms with van der Waals surface area (Å²) in [7, 11) is -3.48. The summed E-state index contributed by atoms with van der Waals surface area (Å²) in [6.45, 7) is 4.04. The summed E-state index contributed by atoms with van der Waals surface area (Å²) in [5, 5.41) is 5.21. The zero-order chi connectivity index (χ0) is 15.3. The average Bonchev–Trinajstić information content (AvgIpc) is 3.07. The van der Waals surface area contributed by atoms with Crippen LogP contribution in [0.5, 0.6) is 0 Å². The molecular weight excluding hydrogens is 392 g/mol. The van der Waals surface area contributed by atoms with Gasteiger partial charge >= 0.3 is 0 Å². The van der Waals surface area contributed by atoms with E-state index in [4.69, 9.17) is 0 Å². The maximum Gasteiger partial charge on any atom is 0.242 e. The monoisotopic (exact) mass is 408 g/mol. The van der Waals surface area contributed by atoms with Gasteiger partial charge in [0, 0.05) is 22.8 Å². The van der Waals surface area contributed by atoms with Crippen LogP contribution in [0, 0.1) is 0 Å². The van der Waals surface area contributed by atoms with E-state index in [1.165, 1.54) is 22.7 Å². The van der Waals surface area contributed by atoms with Crippen molar-refractivity contribution in [2.75, 3.05) is 6.54 Å². The van der Waals surface area contributed by atoms with Crippen LogP contribution in [0.1, 0.15) is 23.1 Å². The lowest BCUT2D eigenvalue weighted by molar-refractivity contribution is 0.581. The van der Waals surface area contributed by atoms with Crippen molar-refractivity contribution in [3.63, 3.8) is 0 Å². The normalized spacial score (nSPS) is 11.9. The van der Waals surface area contributed by atoms with Crippen LogP contribution in [-0.2, 0) is 23.1 Å². The summed E-state index contributed by atoms with van der Waals surface area (Å²) in [5.74, 6) is 0. The van der Waals surface area contributed by atoms with E-state index in [0.29, 0.717) is 21.8 Å². The molecule has 2 aromatic rings. The minimum Gasteiger partial charge on any atom is -0.312 e. The summed E-state index contributed by atoms with van der Waals surface area (Å²) in [5.41, 5.74) is 0. The van der Waals surface area contributed by atoms with E-state index in [1.54, 1.807) is 6.07 Å². The molecule has 8 heteroatoms. The molecule has 2 aromatic heterocycles. The van der Waals surface area contributed by atoms with Crippen molar-refractivity contribution in [3.8, 4) is 0 Å². The molecule has 0 aliphatic carbocycles. The maximum atomic E-state index is 12.3. The molecule has 0 bridgehead atoms. The van der Waals surface area contributed by atoms with E-state index in [9.17, 15) is 8.42 Å². The van der Waals surface area contributed by atoms with Crippen molar-refractivity contribution in [1.82, 2.24) is 10.0 Å². The van der Waals surface area contributed by atoms with E-state index in [1.807, 2.05) is 17.5 Å². The Labute approximate surface area is 141 Å². The third kappa shape index (κ3) is 4.87. The molecule has 116 valence electrons. The highest BCUT2D eigenvalue weighted by atomic mass is 79.9. The fourth-order valence-electron chi connectivity index (χ4n) is 1.71. The predicted molar refractivity (Wildman–Crippen MR) is 92.4 cm³/mol. The van der Waals surface area contributed by atoms with Crippen molar-refractivity contribution in [1.29, 1.82) is 0 Å². The Morgan fingerprint density at radius 1 is 1.29 bits per heavy atom. The Hall–Kier alpha value is -0.250. The van der Waals surface area contributed by atoms with Gasteiger partial charge in [-0.25, -0.2) is 13.1 Å². The summed E-state index contributed by atoms with van der Waals surface area (Å²) in [6.07, 6.45) is 1.06. The van der Waals surface area contributed by atoms with Crippen LogP contribution in [0.15, 0.2) is 32.3 Å². The van der Waals surface area contributed by atoms with E-state index in [0.717, 1.165) is 22.7 Å². The molecule has 0 radical (unpaired) electrons. The van der Waals surface area contributed by atoms with Gasteiger partial charge in [0.25, 0.3) is 0 Å². The first-order valence-electron chi connectivity index (χ1n) is 6.54. The van der Waals surface area contributed by atoms with Gasteiger partial charge in [0.1, 0.15) is 4.90 Å². The van der Waals surface area contributed by atoms with E-state index in [-0.39, 0.29) is 0 Å². The van der Waals surface area contributed by atoms with Crippen molar-refractivity contribution >= 4 is 48.6 Å².